The third kappa shape index (κ3) is 4.87. The molecule has 0 heterocycles. The van der Waals surface area contributed by atoms with Gasteiger partial charge in [0, 0.05) is 11.4 Å². The molecule has 2 amide bonds. The predicted octanol–water partition coefficient (Wildman–Crippen LogP) is 2.74. The molecule has 0 spiro atoms. The molecule has 0 saturated heterocycles. The van der Waals surface area contributed by atoms with E-state index in [4.69, 9.17) is 9.84 Å². The highest BCUT2D eigenvalue weighted by molar-refractivity contribution is 5.86. The van der Waals surface area contributed by atoms with Crippen molar-refractivity contribution < 1.29 is 19.4 Å². The second kappa shape index (κ2) is 6.37. The third-order valence-corrected chi connectivity index (χ3v) is 1.82. The molecule has 6 nitrogen and oxygen atoms in total. The van der Waals surface area contributed by atoms with Crippen molar-refractivity contribution in [2.75, 3.05) is 17.2 Å². The van der Waals surface area contributed by atoms with Gasteiger partial charge in [0.15, 0.2) is 0 Å². The average molecular weight is 238 g/mol. The summed E-state index contributed by atoms with van der Waals surface area (Å²) in [6, 6.07) is 6.25. The Balaban J connectivity index is 2.50. The van der Waals surface area contributed by atoms with E-state index in [9.17, 15) is 9.59 Å². The highest BCUT2D eigenvalue weighted by atomic mass is 16.5. The van der Waals surface area contributed by atoms with E-state index < -0.39 is 12.2 Å². The minimum Gasteiger partial charge on any atom is -0.465 e. The number of anilines is 2. The molecule has 17 heavy (non-hydrogen) atoms. The van der Waals surface area contributed by atoms with Crippen molar-refractivity contribution in [3.05, 3.63) is 24.3 Å². The van der Waals surface area contributed by atoms with E-state index in [1.165, 1.54) is 0 Å². The van der Waals surface area contributed by atoms with Crippen LogP contribution >= 0.6 is 0 Å². The van der Waals surface area contributed by atoms with Gasteiger partial charge in [0.1, 0.15) is 0 Å². The third-order valence-electron chi connectivity index (χ3n) is 1.82. The van der Waals surface area contributed by atoms with Crippen LogP contribution in [-0.2, 0) is 4.74 Å². The molecule has 92 valence electrons. The van der Waals surface area contributed by atoms with E-state index in [1.807, 2.05) is 6.92 Å². The van der Waals surface area contributed by atoms with Gasteiger partial charge in [0.25, 0.3) is 0 Å². The van der Waals surface area contributed by atoms with Gasteiger partial charge in [-0.15, -0.1) is 0 Å². The quantitative estimate of drug-likeness (QED) is 0.752. The van der Waals surface area contributed by atoms with Crippen LogP contribution in [-0.4, -0.2) is 23.9 Å². The predicted molar refractivity (Wildman–Crippen MR) is 63.4 cm³/mol. The Kier molecular flexibility index (Phi) is 4.80. The minimum absolute atomic E-state index is 0.366. The first-order chi connectivity index (χ1) is 8.11. The number of carboxylic acid groups (broad SMARTS) is 1. The van der Waals surface area contributed by atoms with Crippen LogP contribution in [0.15, 0.2) is 24.3 Å². The molecule has 0 bridgehead atoms. The maximum atomic E-state index is 11.2. The molecule has 0 fully saturated rings. The van der Waals surface area contributed by atoms with Gasteiger partial charge in [-0.2, -0.15) is 0 Å². The number of hydrogen-bond donors (Lipinski definition) is 3. The maximum absolute atomic E-state index is 11.2. The van der Waals surface area contributed by atoms with Crippen LogP contribution in [0.3, 0.4) is 0 Å². The summed E-state index contributed by atoms with van der Waals surface area (Å²) in [5.41, 5.74) is 0.979. The minimum atomic E-state index is -1.13. The summed E-state index contributed by atoms with van der Waals surface area (Å²) < 4.78 is 4.83. The first-order valence-electron chi connectivity index (χ1n) is 5.15. The standard InChI is InChI=1S/C11H14N2O4/c1-2-7-17-11(16)13-9-5-3-8(4-6-9)12-10(14)15/h3-6,12H,2,7H2,1H3,(H,13,16)(H,14,15). The van der Waals surface area contributed by atoms with E-state index in [-0.39, 0.29) is 0 Å². The number of carbonyl (C=O) groups excluding carboxylic acids is 1. The number of nitrogens with one attached hydrogen (secondary N) is 2. The fraction of sp³-hybridized carbons (Fsp3) is 0.273. The highest BCUT2D eigenvalue weighted by Gasteiger charge is 2.02. The Hall–Kier alpha value is -2.24. The average Bonchev–Trinajstić information content (AvgIpc) is 2.28. The van der Waals surface area contributed by atoms with Crippen LogP contribution in [0.4, 0.5) is 21.0 Å². The van der Waals surface area contributed by atoms with Crippen LogP contribution in [0.2, 0.25) is 0 Å². The molecule has 6 heteroatoms. The van der Waals surface area contributed by atoms with Gasteiger partial charge >= 0.3 is 12.2 Å². The molecule has 0 aliphatic carbocycles. The number of rotatable bonds is 4. The smallest absolute Gasteiger partial charge is 0.411 e. The highest BCUT2D eigenvalue weighted by Crippen LogP contribution is 2.13. The van der Waals surface area contributed by atoms with E-state index in [0.717, 1.165) is 6.42 Å². The number of amides is 2. The molecule has 0 aliphatic heterocycles. The summed E-state index contributed by atoms with van der Waals surface area (Å²) in [5.74, 6) is 0. The molecule has 0 radical (unpaired) electrons. The largest absolute Gasteiger partial charge is 0.465 e. The van der Waals surface area contributed by atoms with Crippen molar-refractivity contribution in [3.63, 3.8) is 0 Å². The number of ether oxygens (including phenoxy) is 1. The summed E-state index contributed by atoms with van der Waals surface area (Å²) in [7, 11) is 0. The lowest BCUT2D eigenvalue weighted by Gasteiger charge is -2.06. The van der Waals surface area contributed by atoms with Crippen LogP contribution in [0, 0.1) is 0 Å². The van der Waals surface area contributed by atoms with Gasteiger partial charge in [0.2, 0.25) is 0 Å². The Morgan fingerprint density at radius 2 is 1.71 bits per heavy atom. The van der Waals surface area contributed by atoms with Crippen LogP contribution in [0.1, 0.15) is 13.3 Å². The molecular formula is C11H14N2O4. The van der Waals surface area contributed by atoms with Crippen molar-refractivity contribution in [2.45, 2.75) is 13.3 Å². The van der Waals surface area contributed by atoms with Crippen molar-refractivity contribution in [1.82, 2.24) is 0 Å². The SMILES string of the molecule is CCCOC(=O)Nc1ccc(NC(=O)O)cc1. The van der Waals surface area contributed by atoms with Gasteiger partial charge in [-0.25, -0.2) is 9.59 Å². The lowest BCUT2D eigenvalue weighted by atomic mass is 10.3. The molecule has 1 aromatic rings. The zero-order chi connectivity index (χ0) is 12.7. The van der Waals surface area contributed by atoms with E-state index in [1.54, 1.807) is 24.3 Å². The summed E-state index contributed by atoms with van der Waals surface area (Å²) in [5, 5.41) is 13.2. The monoisotopic (exact) mass is 238 g/mol. The fourth-order valence-corrected chi connectivity index (χ4v) is 1.11. The molecule has 0 aliphatic rings. The Labute approximate surface area is 98.6 Å². The van der Waals surface area contributed by atoms with Crippen LogP contribution < -0.4 is 10.6 Å². The second-order valence-corrected chi connectivity index (χ2v) is 3.27. The summed E-state index contributed by atoms with van der Waals surface area (Å²) in [6.07, 6.45) is -0.895. The van der Waals surface area contributed by atoms with Crippen molar-refractivity contribution in [3.8, 4) is 0 Å². The van der Waals surface area contributed by atoms with Gasteiger partial charge < -0.3 is 9.84 Å². The van der Waals surface area contributed by atoms with Gasteiger partial charge in [-0.3, -0.25) is 10.6 Å². The molecule has 1 aromatic carbocycles. The molecule has 1 rings (SSSR count). The molecule has 0 atom stereocenters. The second-order valence-electron chi connectivity index (χ2n) is 3.27. The molecule has 0 unspecified atom stereocenters. The van der Waals surface area contributed by atoms with E-state index in [2.05, 4.69) is 10.6 Å². The maximum Gasteiger partial charge on any atom is 0.411 e. The molecule has 0 saturated carbocycles. The lowest BCUT2D eigenvalue weighted by molar-refractivity contribution is 0.161. The molecule has 3 N–H and O–H groups in total. The van der Waals surface area contributed by atoms with Gasteiger partial charge in [0.05, 0.1) is 6.61 Å². The zero-order valence-corrected chi connectivity index (χ0v) is 9.40. The van der Waals surface area contributed by atoms with Gasteiger partial charge in [-0.1, -0.05) is 6.92 Å². The summed E-state index contributed by atoms with van der Waals surface area (Å²) in [6.45, 7) is 2.27. The number of carbonyl (C=O) groups is 2. The summed E-state index contributed by atoms with van der Waals surface area (Å²) in [4.78, 5) is 21.5. The van der Waals surface area contributed by atoms with Crippen LogP contribution in [0.25, 0.3) is 0 Å². The van der Waals surface area contributed by atoms with Crippen molar-refractivity contribution in [1.29, 1.82) is 0 Å². The van der Waals surface area contributed by atoms with E-state index >= 15 is 0 Å². The van der Waals surface area contributed by atoms with Gasteiger partial charge in [-0.05, 0) is 30.7 Å². The Morgan fingerprint density at radius 1 is 1.18 bits per heavy atom. The lowest BCUT2D eigenvalue weighted by Crippen LogP contribution is -2.14. The zero-order valence-electron chi connectivity index (χ0n) is 9.40. The first-order valence-corrected chi connectivity index (χ1v) is 5.15. The summed E-state index contributed by atoms with van der Waals surface area (Å²) >= 11 is 0. The Morgan fingerprint density at radius 3 is 2.18 bits per heavy atom. The van der Waals surface area contributed by atoms with Crippen LogP contribution in [0.5, 0.6) is 0 Å². The number of benzene rings is 1. The van der Waals surface area contributed by atoms with Crippen molar-refractivity contribution in [2.24, 2.45) is 0 Å². The topological polar surface area (TPSA) is 87.7 Å². The molecular weight excluding hydrogens is 224 g/mol. The Bertz CT molecular complexity index is 389. The molecule has 0 aromatic heterocycles. The van der Waals surface area contributed by atoms with Crippen molar-refractivity contribution >= 4 is 23.6 Å². The van der Waals surface area contributed by atoms with E-state index in [0.29, 0.717) is 18.0 Å². The normalized spacial score (nSPS) is 9.47. The fourth-order valence-electron chi connectivity index (χ4n) is 1.11. The first kappa shape index (κ1) is 12.8. The number of hydrogen-bond acceptors (Lipinski definition) is 3.